The molecule has 0 bridgehead atoms. The van der Waals surface area contributed by atoms with E-state index in [1.165, 1.54) is 40.6 Å². The van der Waals surface area contributed by atoms with Crippen LogP contribution in [0.3, 0.4) is 0 Å². The number of thioether (sulfide) groups is 1. The third-order valence-corrected chi connectivity index (χ3v) is 5.49. The summed E-state index contributed by atoms with van der Waals surface area (Å²) in [6, 6.07) is 12.7. The summed E-state index contributed by atoms with van der Waals surface area (Å²) in [4.78, 5) is 29.9. The van der Waals surface area contributed by atoms with Crippen LogP contribution in [0.2, 0.25) is 0 Å². The zero-order valence-electron chi connectivity index (χ0n) is 16.0. The van der Waals surface area contributed by atoms with Crippen LogP contribution >= 0.6 is 11.8 Å². The van der Waals surface area contributed by atoms with Crippen LogP contribution in [0.5, 0.6) is 0 Å². The molecule has 2 aromatic carbocycles. The molecule has 3 rings (SSSR count). The van der Waals surface area contributed by atoms with Crippen LogP contribution in [-0.2, 0) is 4.79 Å². The van der Waals surface area contributed by atoms with Crippen LogP contribution in [0.25, 0.3) is 16.6 Å². The number of nitrogens with one attached hydrogen (secondary N) is 1. The maximum atomic E-state index is 13.3. The second kappa shape index (κ2) is 8.56. The molecule has 1 heterocycles. The standard InChI is InChI=1S/C21H22FN3O2S/c1-13(2)14(3)23-19(26)12-28-21-24-18-7-5-4-6-17(18)20(27)25(21)16-10-8-15(22)9-11-16/h4-11,13-14H,12H2,1-3H3,(H,23,26)/t14-/m1/s1. The number of carbonyl (C=O) groups is 1. The molecule has 5 nitrogen and oxygen atoms in total. The molecule has 0 saturated heterocycles. The molecule has 0 aliphatic heterocycles. The van der Waals surface area contributed by atoms with Gasteiger partial charge in [-0.25, -0.2) is 9.37 Å². The third-order valence-electron chi connectivity index (χ3n) is 4.55. The van der Waals surface area contributed by atoms with Crippen molar-refractivity contribution in [1.29, 1.82) is 0 Å². The van der Waals surface area contributed by atoms with Gasteiger partial charge in [-0.05, 0) is 49.2 Å². The lowest BCUT2D eigenvalue weighted by molar-refractivity contribution is -0.119. The summed E-state index contributed by atoms with van der Waals surface area (Å²) in [5.41, 5.74) is 0.808. The quantitative estimate of drug-likeness (QED) is 0.506. The van der Waals surface area contributed by atoms with Gasteiger partial charge in [-0.2, -0.15) is 0 Å². The van der Waals surface area contributed by atoms with Gasteiger partial charge in [0.25, 0.3) is 5.56 Å². The first kappa shape index (κ1) is 20.1. The Morgan fingerprint density at radius 3 is 2.50 bits per heavy atom. The molecule has 1 aromatic heterocycles. The summed E-state index contributed by atoms with van der Waals surface area (Å²) < 4.78 is 14.8. The summed E-state index contributed by atoms with van der Waals surface area (Å²) >= 11 is 1.18. The molecule has 0 radical (unpaired) electrons. The normalized spacial score (nSPS) is 12.3. The average Bonchev–Trinajstić information content (AvgIpc) is 2.67. The van der Waals surface area contributed by atoms with Crippen LogP contribution in [0.4, 0.5) is 4.39 Å². The zero-order chi connectivity index (χ0) is 20.3. The lowest BCUT2D eigenvalue weighted by Gasteiger charge is -2.17. The number of para-hydroxylation sites is 1. The van der Waals surface area contributed by atoms with Crippen molar-refractivity contribution in [1.82, 2.24) is 14.9 Å². The van der Waals surface area contributed by atoms with Gasteiger partial charge in [0.1, 0.15) is 5.82 Å². The van der Waals surface area contributed by atoms with E-state index in [4.69, 9.17) is 0 Å². The van der Waals surface area contributed by atoms with Crippen molar-refractivity contribution >= 4 is 28.6 Å². The lowest BCUT2D eigenvalue weighted by atomic mass is 10.1. The summed E-state index contributed by atoms with van der Waals surface area (Å²) in [5, 5.41) is 3.80. The van der Waals surface area contributed by atoms with Crippen molar-refractivity contribution in [3.8, 4) is 5.69 Å². The molecular weight excluding hydrogens is 377 g/mol. The highest BCUT2D eigenvalue weighted by Gasteiger charge is 2.16. The Morgan fingerprint density at radius 2 is 1.82 bits per heavy atom. The topological polar surface area (TPSA) is 64.0 Å². The number of halogens is 1. The van der Waals surface area contributed by atoms with Crippen molar-refractivity contribution < 1.29 is 9.18 Å². The first-order valence-corrected chi connectivity index (χ1v) is 10.0. The van der Waals surface area contributed by atoms with Crippen molar-refractivity contribution in [2.45, 2.75) is 32.0 Å². The smallest absolute Gasteiger partial charge is 0.266 e. The van der Waals surface area contributed by atoms with E-state index in [9.17, 15) is 14.0 Å². The fourth-order valence-corrected chi connectivity index (χ4v) is 3.44. The van der Waals surface area contributed by atoms with Crippen LogP contribution in [0.1, 0.15) is 20.8 Å². The van der Waals surface area contributed by atoms with E-state index in [0.29, 0.717) is 27.7 Å². The van der Waals surface area contributed by atoms with Gasteiger partial charge >= 0.3 is 0 Å². The molecule has 0 aliphatic rings. The third kappa shape index (κ3) is 4.42. The molecule has 7 heteroatoms. The monoisotopic (exact) mass is 399 g/mol. The molecule has 3 aromatic rings. The van der Waals surface area contributed by atoms with Gasteiger partial charge in [0.15, 0.2) is 5.16 Å². The number of amides is 1. The van der Waals surface area contributed by atoms with Crippen LogP contribution < -0.4 is 10.9 Å². The largest absolute Gasteiger partial charge is 0.353 e. The maximum absolute atomic E-state index is 13.3. The Morgan fingerprint density at radius 1 is 1.14 bits per heavy atom. The van der Waals surface area contributed by atoms with E-state index < -0.39 is 0 Å². The molecule has 146 valence electrons. The SMILES string of the molecule is CC(C)[C@@H](C)NC(=O)CSc1nc2ccccc2c(=O)n1-c1ccc(F)cc1. The Hall–Kier alpha value is -2.67. The van der Waals surface area contributed by atoms with E-state index >= 15 is 0 Å². The Kier molecular flexibility index (Phi) is 6.14. The summed E-state index contributed by atoms with van der Waals surface area (Å²) in [5.74, 6) is -0.0607. The second-order valence-corrected chi connectivity index (χ2v) is 7.86. The summed E-state index contributed by atoms with van der Waals surface area (Å²) in [6.07, 6.45) is 0. The average molecular weight is 399 g/mol. The fourth-order valence-electron chi connectivity index (χ4n) is 2.62. The Labute approximate surface area is 167 Å². The Bertz CT molecular complexity index is 1050. The molecule has 28 heavy (non-hydrogen) atoms. The predicted molar refractivity (Wildman–Crippen MR) is 110 cm³/mol. The molecule has 0 aliphatic carbocycles. The van der Waals surface area contributed by atoms with E-state index in [-0.39, 0.29) is 29.1 Å². The molecule has 1 amide bonds. The van der Waals surface area contributed by atoms with Crippen molar-refractivity contribution in [2.75, 3.05) is 5.75 Å². The number of rotatable bonds is 6. The van der Waals surface area contributed by atoms with Crippen molar-refractivity contribution in [3.63, 3.8) is 0 Å². The highest BCUT2D eigenvalue weighted by atomic mass is 32.2. The Balaban J connectivity index is 1.98. The van der Waals surface area contributed by atoms with Gasteiger partial charge in [0.2, 0.25) is 5.91 Å². The van der Waals surface area contributed by atoms with Crippen LogP contribution in [0.15, 0.2) is 58.5 Å². The molecular formula is C21H22FN3O2S. The summed E-state index contributed by atoms with van der Waals surface area (Å²) in [7, 11) is 0. The van der Waals surface area contributed by atoms with Crippen LogP contribution in [-0.4, -0.2) is 27.3 Å². The first-order chi connectivity index (χ1) is 13.4. The minimum Gasteiger partial charge on any atom is -0.353 e. The van der Waals surface area contributed by atoms with Gasteiger partial charge in [-0.3, -0.25) is 14.2 Å². The first-order valence-electron chi connectivity index (χ1n) is 9.06. The lowest BCUT2D eigenvalue weighted by Crippen LogP contribution is -2.37. The van der Waals surface area contributed by atoms with Crippen molar-refractivity contribution in [2.24, 2.45) is 5.92 Å². The van der Waals surface area contributed by atoms with Crippen LogP contribution in [0, 0.1) is 11.7 Å². The highest BCUT2D eigenvalue weighted by Crippen LogP contribution is 2.21. The number of fused-ring (bicyclic) bond motifs is 1. The van der Waals surface area contributed by atoms with E-state index in [2.05, 4.69) is 10.3 Å². The minimum absolute atomic E-state index is 0.0527. The number of aromatic nitrogens is 2. The molecule has 0 spiro atoms. The van der Waals surface area contributed by atoms with E-state index in [1.807, 2.05) is 26.8 Å². The maximum Gasteiger partial charge on any atom is 0.266 e. The highest BCUT2D eigenvalue weighted by molar-refractivity contribution is 7.99. The predicted octanol–water partition coefficient (Wildman–Crippen LogP) is 3.78. The number of benzene rings is 2. The number of carbonyl (C=O) groups excluding carboxylic acids is 1. The zero-order valence-corrected chi connectivity index (χ0v) is 16.8. The molecule has 0 fully saturated rings. The van der Waals surface area contributed by atoms with Gasteiger partial charge < -0.3 is 5.32 Å². The number of nitrogens with zero attached hydrogens (tertiary/aromatic N) is 2. The van der Waals surface area contributed by atoms with Gasteiger partial charge in [0.05, 0.1) is 22.3 Å². The van der Waals surface area contributed by atoms with Crippen molar-refractivity contribution in [3.05, 3.63) is 64.7 Å². The molecule has 0 unspecified atom stereocenters. The van der Waals surface area contributed by atoms with E-state index in [1.54, 1.807) is 18.2 Å². The van der Waals surface area contributed by atoms with Gasteiger partial charge in [-0.1, -0.05) is 37.7 Å². The second-order valence-electron chi connectivity index (χ2n) is 6.92. The van der Waals surface area contributed by atoms with Gasteiger partial charge in [0, 0.05) is 6.04 Å². The molecule has 0 saturated carbocycles. The molecule has 1 atom stereocenters. The number of hydrogen-bond acceptors (Lipinski definition) is 4. The summed E-state index contributed by atoms with van der Waals surface area (Å²) in [6.45, 7) is 6.03. The van der Waals surface area contributed by atoms with E-state index in [0.717, 1.165) is 0 Å². The molecule has 1 N–H and O–H groups in total. The minimum atomic E-state index is -0.387. The number of hydrogen-bond donors (Lipinski definition) is 1. The van der Waals surface area contributed by atoms with Gasteiger partial charge in [-0.15, -0.1) is 0 Å². The fraction of sp³-hybridized carbons (Fsp3) is 0.286.